The Balaban J connectivity index is 1.80. The van der Waals surface area contributed by atoms with Crippen molar-refractivity contribution in [1.82, 2.24) is 9.88 Å². The average molecular weight is 372 g/mol. The highest BCUT2D eigenvalue weighted by Gasteiger charge is 2.19. The molecule has 0 aliphatic carbocycles. The van der Waals surface area contributed by atoms with Gasteiger partial charge >= 0.3 is 0 Å². The van der Waals surface area contributed by atoms with Crippen LogP contribution in [0.15, 0.2) is 46.9 Å². The van der Waals surface area contributed by atoms with Gasteiger partial charge in [0.15, 0.2) is 0 Å². The van der Waals surface area contributed by atoms with Crippen molar-refractivity contribution in [2.45, 2.75) is 26.4 Å². The minimum atomic E-state index is -0.694. The zero-order chi connectivity index (χ0) is 19.6. The van der Waals surface area contributed by atoms with E-state index in [0.29, 0.717) is 18.0 Å². The van der Waals surface area contributed by atoms with Crippen LogP contribution in [0.5, 0.6) is 5.75 Å². The maximum Gasteiger partial charge on any atom is 0.229 e. The Morgan fingerprint density at radius 2 is 1.96 bits per heavy atom. The summed E-state index contributed by atoms with van der Waals surface area (Å²) >= 11 is 0. The molecule has 1 atom stereocenters. The van der Waals surface area contributed by atoms with Gasteiger partial charge in [0.2, 0.25) is 5.89 Å². The van der Waals surface area contributed by atoms with Crippen molar-refractivity contribution in [1.29, 1.82) is 0 Å². The van der Waals surface area contributed by atoms with Crippen LogP contribution in [-0.2, 0) is 6.54 Å². The molecular formula is C21H22F2N2O2. The third-order valence-corrected chi connectivity index (χ3v) is 4.69. The lowest BCUT2D eigenvalue weighted by Crippen LogP contribution is -2.22. The molecule has 4 nitrogen and oxygen atoms in total. The number of hydrogen-bond acceptors (Lipinski definition) is 4. The van der Waals surface area contributed by atoms with Crippen molar-refractivity contribution in [3.8, 4) is 17.2 Å². The van der Waals surface area contributed by atoms with E-state index in [0.717, 1.165) is 17.4 Å². The van der Waals surface area contributed by atoms with Crippen molar-refractivity contribution >= 4 is 0 Å². The van der Waals surface area contributed by atoms with Crippen LogP contribution in [0.2, 0.25) is 0 Å². The predicted octanol–water partition coefficient (Wildman–Crippen LogP) is 5.13. The van der Waals surface area contributed by atoms with Crippen molar-refractivity contribution in [2.24, 2.45) is 0 Å². The number of hydrogen-bond donors (Lipinski definition) is 0. The SMILES string of the molecule is COc1cccc(C(C)N(C)Cc2nc(-c3ccc(F)cc3F)oc2C)c1. The van der Waals surface area contributed by atoms with Crippen LogP contribution in [0.4, 0.5) is 8.78 Å². The first-order valence-electron chi connectivity index (χ1n) is 8.65. The van der Waals surface area contributed by atoms with Crippen LogP contribution in [-0.4, -0.2) is 24.0 Å². The minimum Gasteiger partial charge on any atom is -0.497 e. The highest BCUT2D eigenvalue weighted by atomic mass is 19.1. The molecule has 0 radical (unpaired) electrons. The lowest BCUT2D eigenvalue weighted by atomic mass is 10.1. The summed E-state index contributed by atoms with van der Waals surface area (Å²) in [5, 5.41) is 0. The van der Waals surface area contributed by atoms with Crippen LogP contribution >= 0.6 is 0 Å². The Hall–Kier alpha value is -2.73. The first kappa shape index (κ1) is 19.0. The maximum absolute atomic E-state index is 14.0. The predicted molar refractivity (Wildman–Crippen MR) is 99.5 cm³/mol. The number of aryl methyl sites for hydroxylation is 1. The van der Waals surface area contributed by atoms with Gasteiger partial charge in [0, 0.05) is 18.7 Å². The molecule has 3 rings (SSSR count). The van der Waals surface area contributed by atoms with Crippen LogP contribution in [0.3, 0.4) is 0 Å². The fourth-order valence-electron chi connectivity index (χ4n) is 2.88. The zero-order valence-electron chi connectivity index (χ0n) is 15.8. The van der Waals surface area contributed by atoms with Crippen LogP contribution in [0.25, 0.3) is 11.5 Å². The summed E-state index contributed by atoms with van der Waals surface area (Å²) in [4.78, 5) is 6.54. The molecule has 1 heterocycles. The molecule has 0 amide bonds. The fraction of sp³-hybridized carbons (Fsp3) is 0.286. The van der Waals surface area contributed by atoms with E-state index >= 15 is 0 Å². The van der Waals surface area contributed by atoms with Crippen molar-refractivity contribution in [3.63, 3.8) is 0 Å². The second kappa shape index (κ2) is 7.88. The van der Waals surface area contributed by atoms with Gasteiger partial charge in [-0.05, 0) is 50.7 Å². The molecule has 1 unspecified atom stereocenters. The Morgan fingerprint density at radius 1 is 1.19 bits per heavy atom. The normalized spacial score (nSPS) is 12.4. The fourth-order valence-corrected chi connectivity index (χ4v) is 2.88. The molecule has 142 valence electrons. The lowest BCUT2D eigenvalue weighted by Gasteiger charge is -2.24. The van der Waals surface area contributed by atoms with E-state index in [-0.39, 0.29) is 17.5 Å². The van der Waals surface area contributed by atoms with Crippen LogP contribution in [0.1, 0.15) is 30.0 Å². The van der Waals surface area contributed by atoms with Gasteiger partial charge in [0.25, 0.3) is 0 Å². The standard InChI is InChI=1S/C21H22F2N2O2/c1-13(15-6-5-7-17(10-15)26-4)25(3)12-20-14(2)27-21(24-20)18-9-8-16(22)11-19(18)23/h5-11,13H,12H2,1-4H3. The molecule has 0 aliphatic rings. The van der Waals surface area contributed by atoms with Gasteiger partial charge < -0.3 is 9.15 Å². The van der Waals surface area contributed by atoms with Crippen molar-refractivity contribution in [3.05, 3.63) is 71.1 Å². The molecule has 2 aromatic carbocycles. The summed E-state index contributed by atoms with van der Waals surface area (Å²) in [5.74, 6) is 0.243. The van der Waals surface area contributed by atoms with Gasteiger partial charge in [-0.25, -0.2) is 13.8 Å². The number of nitrogens with zero attached hydrogens (tertiary/aromatic N) is 2. The molecule has 6 heteroatoms. The van der Waals surface area contributed by atoms with E-state index in [1.807, 2.05) is 31.3 Å². The molecule has 0 aliphatic heterocycles. The maximum atomic E-state index is 14.0. The lowest BCUT2D eigenvalue weighted by molar-refractivity contribution is 0.248. The van der Waals surface area contributed by atoms with Crippen LogP contribution < -0.4 is 4.74 Å². The van der Waals surface area contributed by atoms with E-state index in [2.05, 4.69) is 16.8 Å². The number of aromatic nitrogens is 1. The molecular weight excluding hydrogens is 350 g/mol. The number of rotatable bonds is 6. The topological polar surface area (TPSA) is 38.5 Å². The van der Waals surface area contributed by atoms with Gasteiger partial charge in [-0.3, -0.25) is 4.90 Å². The Bertz CT molecular complexity index is 940. The van der Waals surface area contributed by atoms with Gasteiger partial charge in [0.05, 0.1) is 18.4 Å². The number of methoxy groups -OCH3 is 1. The van der Waals surface area contributed by atoms with Crippen molar-refractivity contribution < 1.29 is 17.9 Å². The molecule has 0 saturated heterocycles. The summed E-state index contributed by atoms with van der Waals surface area (Å²) in [7, 11) is 3.62. The smallest absolute Gasteiger partial charge is 0.229 e. The monoisotopic (exact) mass is 372 g/mol. The second-order valence-corrected chi connectivity index (χ2v) is 6.51. The van der Waals surface area contributed by atoms with Gasteiger partial charge in [-0.15, -0.1) is 0 Å². The largest absolute Gasteiger partial charge is 0.497 e. The number of halogens is 2. The average Bonchev–Trinajstić information content (AvgIpc) is 3.01. The molecule has 27 heavy (non-hydrogen) atoms. The summed E-state index contributed by atoms with van der Waals surface area (Å²) < 4.78 is 38.0. The quantitative estimate of drug-likeness (QED) is 0.601. The number of benzene rings is 2. The first-order chi connectivity index (χ1) is 12.9. The molecule has 0 bridgehead atoms. The molecule has 0 saturated carbocycles. The van der Waals surface area contributed by atoms with Gasteiger partial charge in [0.1, 0.15) is 23.1 Å². The Kier molecular flexibility index (Phi) is 5.56. The molecule has 0 spiro atoms. The van der Waals surface area contributed by atoms with Gasteiger partial charge in [-0.2, -0.15) is 0 Å². The first-order valence-corrected chi connectivity index (χ1v) is 8.65. The summed E-state index contributed by atoms with van der Waals surface area (Å²) in [6.45, 7) is 4.40. The third-order valence-electron chi connectivity index (χ3n) is 4.69. The molecule has 3 aromatic rings. The van der Waals surface area contributed by atoms with E-state index in [4.69, 9.17) is 9.15 Å². The van der Waals surface area contributed by atoms with Gasteiger partial charge in [-0.1, -0.05) is 12.1 Å². The number of ether oxygens (including phenoxy) is 1. The summed E-state index contributed by atoms with van der Waals surface area (Å²) in [5.41, 5.74) is 1.98. The number of oxazole rings is 1. The molecule has 0 N–H and O–H groups in total. The van der Waals surface area contributed by atoms with E-state index < -0.39 is 11.6 Å². The van der Waals surface area contributed by atoms with Crippen LogP contribution in [0, 0.1) is 18.6 Å². The van der Waals surface area contributed by atoms with E-state index in [1.54, 1.807) is 14.0 Å². The summed E-state index contributed by atoms with van der Waals surface area (Å²) in [6, 6.07) is 11.4. The minimum absolute atomic E-state index is 0.113. The highest BCUT2D eigenvalue weighted by molar-refractivity contribution is 5.54. The van der Waals surface area contributed by atoms with Crippen molar-refractivity contribution in [2.75, 3.05) is 14.2 Å². The Labute approximate surface area is 157 Å². The Morgan fingerprint density at radius 3 is 2.67 bits per heavy atom. The second-order valence-electron chi connectivity index (χ2n) is 6.51. The summed E-state index contributed by atoms with van der Waals surface area (Å²) in [6.07, 6.45) is 0. The highest BCUT2D eigenvalue weighted by Crippen LogP contribution is 2.28. The molecule has 1 aromatic heterocycles. The molecule has 0 fully saturated rings. The van der Waals surface area contributed by atoms with E-state index in [9.17, 15) is 8.78 Å². The zero-order valence-corrected chi connectivity index (χ0v) is 15.8. The van der Waals surface area contributed by atoms with E-state index in [1.165, 1.54) is 12.1 Å². The third kappa shape index (κ3) is 4.17.